The van der Waals surface area contributed by atoms with Crippen LogP contribution in [0.1, 0.15) is 36.5 Å². The van der Waals surface area contributed by atoms with Crippen molar-refractivity contribution in [3.8, 4) is 0 Å². The molecule has 0 unspecified atom stereocenters. The lowest BCUT2D eigenvalue weighted by molar-refractivity contribution is 0.102. The van der Waals surface area contributed by atoms with E-state index in [1.54, 1.807) is 24.3 Å². The molecule has 1 heterocycles. The highest BCUT2D eigenvalue weighted by atomic mass is 35.5. The predicted molar refractivity (Wildman–Crippen MR) is 101 cm³/mol. The molecule has 0 spiro atoms. The molecule has 1 amide bonds. The largest absolute Gasteiger partial charge is 0.399 e. The number of hydrogen-bond donors (Lipinski definition) is 2. The molecule has 1 aliphatic rings. The van der Waals surface area contributed by atoms with E-state index in [-0.39, 0.29) is 5.91 Å². The Bertz CT molecular complexity index is 730. The number of benzene rings is 2. The third-order valence-corrected chi connectivity index (χ3v) is 4.74. The Balaban J connectivity index is 1.87. The normalized spacial score (nSPS) is 17.6. The maximum absolute atomic E-state index is 12.5. The monoisotopic (exact) mass is 343 g/mol. The molecule has 1 fully saturated rings. The molecule has 24 heavy (non-hydrogen) atoms. The molecule has 0 aromatic heterocycles. The van der Waals surface area contributed by atoms with Crippen molar-refractivity contribution in [2.45, 2.75) is 32.2 Å². The first-order chi connectivity index (χ1) is 11.5. The van der Waals surface area contributed by atoms with Crippen molar-refractivity contribution in [2.24, 2.45) is 0 Å². The lowest BCUT2D eigenvalue weighted by atomic mass is 10.0. The quantitative estimate of drug-likeness (QED) is 0.803. The SMILES string of the molecule is C[C@@H]1CCCCN1c1ccc(N)cc1NC(=O)c1ccc(Cl)cc1. The third kappa shape index (κ3) is 3.65. The van der Waals surface area contributed by atoms with Crippen molar-refractivity contribution >= 4 is 34.6 Å². The Hall–Kier alpha value is -2.20. The molecule has 4 nitrogen and oxygen atoms in total. The average molecular weight is 344 g/mol. The molecule has 0 saturated carbocycles. The van der Waals surface area contributed by atoms with Crippen molar-refractivity contribution in [2.75, 3.05) is 22.5 Å². The second-order valence-electron chi connectivity index (χ2n) is 6.28. The van der Waals surface area contributed by atoms with Crippen LogP contribution >= 0.6 is 11.6 Å². The molecular weight excluding hydrogens is 322 g/mol. The number of piperidine rings is 1. The van der Waals surface area contributed by atoms with Gasteiger partial charge in [0.1, 0.15) is 0 Å². The Morgan fingerprint density at radius 1 is 1.21 bits per heavy atom. The zero-order valence-electron chi connectivity index (χ0n) is 13.8. The summed E-state index contributed by atoms with van der Waals surface area (Å²) in [4.78, 5) is 14.9. The third-order valence-electron chi connectivity index (χ3n) is 4.49. The molecule has 126 valence electrons. The van der Waals surface area contributed by atoms with Gasteiger partial charge in [-0.25, -0.2) is 0 Å². The smallest absolute Gasteiger partial charge is 0.255 e. The van der Waals surface area contributed by atoms with Gasteiger partial charge < -0.3 is 16.0 Å². The molecule has 5 heteroatoms. The van der Waals surface area contributed by atoms with Crippen LogP contribution in [0.25, 0.3) is 0 Å². The molecule has 3 N–H and O–H groups in total. The lowest BCUT2D eigenvalue weighted by Crippen LogP contribution is -2.38. The first kappa shape index (κ1) is 16.7. The number of rotatable bonds is 3. The van der Waals surface area contributed by atoms with Crippen LogP contribution in [0.15, 0.2) is 42.5 Å². The van der Waals surface area contributed by atoms with Crippen LogP contribution in [-0.4, -0.2) is 18.5 Å². The molecule has 0 radical (unpaired) electrons. The van der Waals surface area contributed by atoms with Crippen LogP contribution in [0.5, 0.6) is 0 Å². The second kappa shape index (κ2) is 7.14. The number of amides is 1. The van der Waals surface area contributed by atoms with Crippen molar-refractivity contribution in [3.05, 3.63) is 53.1 Å². The van der Waals surface area contributed by atoms with Gasteiger partial charge in [0.15, 0.2) is 0 Å². The summed E-state index contributed by atoms with van der Waals surface area (Å²) in [7, 11) is 0. The maximum Gasteiger partial charge on any atom is 0.255 e. The number of nitrogens with zero attached hydrogens (tertiary/aromatic N) is 1. The van der Waals surface area contributed by atoms with Crippen LogP contribution in [-0.2, 0) is 0 Å². The van der Waals surface area contributed by atoms with E-state index in [1.807, 2.05) is 18.2 Å². The van der Waals surface area contributed by atoms with E-state index in [0.29, 0.717) is 22.3 Å². The van der Waals surface area contributed by atoms with Crippen LogP contribution in [0, 0.1) is 0 Å². The van der Waals surface area contributed by atoms with Gasteiger partial charge >= 0.3 is 0 Å². The minimum atomic E-state index is -0.164. The summed E-state index contributed by atoms with van der Waals surface area (Å²) < 4.78 is 0. The van der Waals surface area contributed by atoms with Gasteiger partial charge in [0.25, 0.3) is 5.91 Å². The van der Waals surface area contributed by atoms with E-state index >= 15 is 0 Å². The number of anilines is 3. The molecule has 2 aromatic rings. The number of carbonyl (C=O) groups excluding carboxylic acids is 1. The van der Waals surface area contributed by atoms with E-state index in [9.17, 15) is 4.79 Å². The van der Waals surface area contributed by atoms with E-state index < -0.39 is 0 Å². The summed E-state index contributed by atoms with van der Waals surface area (Å²) in [6, 6.07) is 13.0. The number of nitrogens with two attached hydrogens (primary N) is 1. The topological polar surface area (TPSA) is 58.4 Å². The van der Waals surface area contributed by atoms with E-state index in [1.165, 1.54) is 12.8 Å². The van der Waals surface area contributed by atoms with Gasteiger partial charge in [0.2, 0.25) is 0 Å². The number of nitrogen functional groups attached to an aromatic ring is 1. The highest BCUT2D eigenvalue weighted by molar-refractivity contribution is 6.30. The minimum Gasteiger partial charge on any atom is -0.399 e. The Kier molecular flexibility index (Phi) is 4.95. The van der Waals surface area contributed by atoms with Crippen molar-refractivity contribution in [3.63, 3.8) is 0 Å². The number of halogens is 1. The number of hydrogen-bond acceptors (Lipinski definition) is 3. The Morgan fingerprint density at radius 2 is 1.96 bits per heavy atom. The zero-order valence-corrected chi connectivity index (χ0v) is 14.5. The van der Waals surface area contributed by atoms with Gasteiger partial charge in [-0.1, -0.05) is 11.6 Å². The summed E-state index contributed by atoms with van der Waals surface area (Å²) in [5.41, 5.74) is 8.92. The van der Waals surface area contributed by atoms with Gasteiger partial charge in [0, 0.05) is 28.9 Å². The molecule has 0 aliphatic carbocycles. The molecule has 1 saturated heterocycles. The van der Waals surface area contributed by atoms with Gasteiger partial charge in [-0.05, 0) is 68.7 Å². The number of nitrogens with one attached hydrogen (secondary N) is 1. The minimum absolute atomic E-state index is 0.164. The molecule has 2 aromatic carbocycles. The van der Waals surface area contributed by atoms with Crippen molar-refractivity contribution in [1.29, 1.82) is 0 Å². The van der Waals surface area contributed by atoms with E-state index in [0.717, 1.165) is 24.3 Å². The molecule has 1 atom stereocenters. The molecule has 3 rings (SSSR count). The van der Waals surface area contributed by atoms with Crippen LogP contribution in [0.2, 0.25) is 5.02 Å². The fourth-order valence-electron chi connectivity index (χ4n) is 3.16. The summed E-state index contributed by atoms with van der Waals surface area (Å²) in [6.07, 6.45) is 3.58. The fourth-order valence-corrected chi connectivity index (χ4v) is 3.28. The van der Waals surface area contributed by atoms with E-state index in [4.69, 9.17) is 17.3 Å². The summed E-state index contributed by atoms with van der Waals surface area (Å²) in [6.45, 7) is 3.22. The highest BCUT2D eigenvalue weighted by Gasteiger charge is 2.22. The predicted octanol–water partition coefficient (Wildman–Crippen LogP) is 4.55. The lowest BCUT2D eigenvalue weighted by Gasteiger charge is -2.36. The van der Waals surface area contributed by atoms with Gasteiger partial charge in [0.05, 0.1) is 11.4 Å². The standard InChI is InChI=1S/C19H22ClN3O/c1-13-4-2-3-11-23(13)18-10-9-16(21)12-17(18)22-19(24)14-5-7-15(20)8-6-14/h5-10,12-13H,2-4,11,21H2,1H3,(H,22,24)/t13-/m1/s1. The zero-order chi connectivity index (χ0) is 17.1. The summed E-state index contributed by atoms with van der Waals surface area (Å²) in [5, 5.41) is 3.61. The van der Waals surface area contributed by atoms with Gasteiger partial charge in [-0.2, -0.15) is 0 Å². The highest BCUT2D eigenvalue weighted by Crippen LogP contribution is 2.33. The van der Waals surface area contributed by atoms with Crippen molar-refractivity contribution < 1.29 is 4.79 Å². The van der Waals surface area contributed by atoms with Crippen molar-refractivity contribution in [1.82, 2.24) is 0 Å². The van der Waals surface area contributed by atoms with Crippen LogP contribution < -0.4 is 16.0 Å². The molecule has 0 bridgehead atoms. The van der Waals surface area contributed by atoms with Gasteiger partial charge in [-0.15, -0.1) is 0 Å². The van der Waals surface area contributed by atoms with Gasteiger partial charge in [-0.3, -0.25) is 4.79 Å². The Labute approximate surface area is 147 Å². The first-order valence-corrected chi connectivity index (χ1v) is 8.65. The molecular formula is C19H22ClN3O. The van der Waals surface area contributed by atoms with Crippen LogP contribution in [0.3, 0.4) is 0 Å². The summed E-state index contributed by atoms with van der Waals surface area (Å²) in [5.74, 6) is -0.164. The number of carbonyl (C=O) groups is 1. The maximum atomic E-state index is 12.5. The first-order valence-electron chi connectivity index (χ1n) is 8.27. The van der Waals surface area contributed by atoms with E-state index in [2.05, 4.69) is 17.1 Å². The fraction of sp³-hybridized carbons (Fsp3) is 0.316. The summed E-state index contributed by atoms with van der Waals surface area (Å²) >= 11 is 5.89. The second-order valence-corrected chi connectivity index (χ2v) is 6.71. The molecule has 1 aliphatic heterocycles. The van der Waals surface area contributed by atoms with Crippen LogP contribution in [0.4, 0.5) is 17.1 Å². The Morgan fingerprint density at radius 3 is 2.67 bits per heavy atom. The average Bonchev–Trinajstić information content (AvgIpc) is 2.56.